The van der Waals surface area contributed by atoms with Crippen molar-refractivity contribution in [3.05, 3.63) is 70.7 Å². The van der Waals surface area contributed by atoms with Crippen LogP contribution in [0.15, 0.2) is 54.6 Å². The first-order valence-electron chi connectivity index (χ1n) is 37.1. The van der Waals surface area contributed by atoms with Crippen LogP contribution in [0.1, 0.15) is 159 Å². The Kier molecular flexibility index (Phi) is 36.6. The number of benzene rings is 2. The van der Waals surface area contributed by atoms with E-state index in [2.05, 4.69) is 26.6 Å². The van der Waals surface area contributed by atoms with Gasteiger partial charge in [-0.1, -0.05) is 137 Å². The zero-order chi connectivity index (χ0) is 78.1. The molecule has 1 unspecified atom stereocenters. The van der Waals surface area contributed by atoms with Gasteiger partial charge in [-0.3, -0.25) is 58.1 Å². The molecule has 0 aromatic heterocycles. The molecule has 8 N–H and O–H groups in total. The van der Waals surface area contributed by atoms with Crippen LogP contribution in [0.5, 0.6) is 0 Å². The van der Waals surface area contributed by atoms with Gasteiger partial charge in [-0.25, -0.2) is 0 Å². The number of hydrogen-bond acceptors (Lipinski definition) is 16. The molecule has 2 aromatic rings. The zero-order valence-electron chi connectivity index (χ0n) is 64.9. The normalized spacial score (nSPS) is 25.6. The average molecular weight is 1480 g/mol. The van der Waals surface area contributed by atoms with Crippen molar-refractivity contribution in [1.29, 1.82) is 0 Å². The summed E-state index contributed by atoms with van der Waals surface area (Å²) in [4.78, 5) is 175. The lowest BCUT2D eigenvalue weighted by Crippen LogP contribution is -2.63. The standard InChI is InChI=1S/C76H123ClN12O15/c1-19-20-32-89-42-63(93)83(14)58(36-46(4)5)67(94)80-57(44-104-43-50(12)90)72(99)86(17)61(40-53-30-27-31-54(77)38-53)74(101)87(18)66(49(10)11)70(97)79-56(73(100)88-33-25-22-26-34-88)41-62(92)81-64(48(8)9)75(102)85(16)60(39-52-28-23-21-24-29-52)68(95)78-55(35-45(2)3)71(98)84(15)59(37-47(6)7)69(96)82-65(51(13)91)76(89)103/h21,23-24,27-31,38,45-51,55-61,64-66,70,79,90-91,97H,19-20,22,25-26,32-37,39-44H2,1-18H3,(H,78,95)(H,80,94)(H,81,92)(H,82,96)/t50-,51-,55+,56+,57+,58+,59+,60+,61+,64-,65+,66+,70?/m1/s1. The molecular formula is C76H123ClN12O15. The maximum Gasteiger partial charge on any atom is 0.248 e. The van der Waals surface area contributed by atoms with Gasteiger partial charge >= 0.3 is 0 Å². The van der Waals surface area contributed by atoms with Crippen LogP contribution in [-0.4, -0.2) is 268 Å². The molecule has 2 aliphatic heterocycles. The summed E-state index contributed by atoms with van der Waals surface area (Å²) in [5.74, 6) is -10.1. The molecule has 584 valence electrons. The number of hydrogen-bond donors (Lipinski definition) is 8. The van der Waals surface area contributed by atoms with Crippen LogP contribution >= 0.6 is 11.6 Å². The Bertz CT molecular complexity index is 3150. The Morgan fingerprint density at radius 1 is 0.567 bits per heavy atom. The quantitative estimate of drug-likeness (QED) is 0.0882. The molecule has 11 amide bonds. The number of nitrogens with zero attached hydrogens (tertiary/aromatic N) is 7. The number of carbonyl (C=O) groups excluding carboxylic acids is 11. The fourth-order valence-corrected chi connectivity index (χ4v) is 13.5. The minimum absolute atomic E-state index is 0.0294. The van der Waals surface area contributed by atoms with E-state index in [-0.39, 0.29) is 63.0 Å². The number of ether oxygens (including phenoxy) is 1. The van der Waals surface area contributed by atoms with E-state index in [1.54, 1.807) is 87.2 Å². The maximum absolute atomic E-state index is 15.6. The third-order valence-corrected chi connectivity index (χ3v) is 19.5. The molecule has 2 aliphatic rings. The minimum atomic E-state index is -1.74. The molecule has 0 radical (unpaired) electrons. The number of likely N-dealkylation sites (tertiary alicyclic amines) is 1. The molecule has 4 rings (SSSR count). The van der Waals surface area contributed by atoms with Crippen molar-refractivity contribution < 1.29 is 72.8 Å². The Labute approximate surface area is 621 Å². The molecule has 104 heavy (non-hydrogen) atoms. The second-order valence-corrected chi connectivity index (χ2v) is 30.8. The molecular weight excluding hydrogens is 1360 g/mol. The highest BCUT2D eigenvalue weighted by atomic mass is 35.5. The highest BCUT2D eigenvalue weighted by Gasteiger charge is 2.44. The van der Waals surface area contributed by atoms with E-state index in [0.29, 0.717) is 54.9 Å². The number of nitrogens with one attached hydrogen (secondary N) is 5. The van der Waals surface area contributed by atoms with Gasteiger partial charge in [0.05, 0.1) is 50.5 Å². The van der Waals surface area contributed by atoms with Crippen molar-refractivity contribution in [2.45, 2.75) is 239 Å². The van der Waals surface area contributed by atoms with E-state index in [9.17, 15) is 34.5 Å². The number of amides is 11. The molecule has 2 heterocycles. The van der Waals surface area contributed by atoms with E-state index in [0.717, 1.165) is 16.2 Å². The number of unbranched alkanes of at least 4 members (excludes halogenated alkanes) is 1. The summed E-state index contributed by atoms with van der Waals surface area (Å²) >= 11 is 6.53. The van der Waals surface area contributed by atoms with Crippen LogP contribution in [0.2, 0.25) is 5.02 Å². The predicted octanol–water partition coefficient (Wildman–Crippen LogP) is 3.75. The lowest BCUT2D eigenvalue weighted by molar-refractivity contribution is -0.151. The van der Waals surface area contributed by atoms with Crippen LogP contribution in [0.25, 0.3) is 0 Å². The molecule has 13 atom stereocenters. The van der Waals surface area contributed by atoms with E-state index in [1.165, 1.54) is 68.7 Å². The van der Waals surface area contributed by atoms with Gasteiger partial charge in [-0.15, -0.1) is 0 Å². The second-order valence-electron chi connectivity index (χ2n) is 30.4. The van der Waals surface area contributed by atoms with Crippen LogP contribution in [0.3, 0.4) is 0 Å². The summed E-state index contributed by atoms with van der Waals surface area (Å²) < 4.78 is 5.85. The van der Waals surface area contributed by atoms with Crippen LogP contribution in [0, 0.1) is 29.6 Å². The first kappa shape index (κ1) is 89.1. The smallest absolute Gasteiger partial charge is 0.248 e. The summed E-state index contributed by atoms with van der Waals surface area (Å²) in [6.45, 7) is 21.7. The molecule has 28 heteroatoms. The number of aliphatic hydroxyl groups is 3. The van der Waals surface area contributed by atoms with Crippen LogP contribution in [-0.2, 0) is 70.3 Å². The van der Waals surface area contributed by atoms with Gasteiger partial charge < -0.3 is 75.6 Å². The van der Waals surface area contributed by atoms with Crippen molar-refractivity contribution in [2.75, 3.05) is 74.6 Å². The highest BCUT2D eigenvalue weighted by molar-refractivity contribution is 6.30. The van der Waals surface area contributed by atoms with E-state index >= 15 is 33.6 Å². The van der Waals surface area contributed by atoms with Crippen molar-refractivity contribution in [2.24, 2.45) is 29.6 Å². The summed E-state index contributed by atoms with van der Waals surface area (Å²) in [5, 5.41) is 49.0. The van der Waals surface area contributed by atoms with Crippen molar-refractivity contribution in [3.63, 3.8) is 0 Å². The van der Waals surface area contributed by atoms with Gasteiger partial charge in [-0.05, 0) is 112 Å². The van der Waals surface area contributed by atoms with Crippen molar-refractivity contribution in [1.82, 2.24) is 60.9 Å². The van der Waals surface area contributed by atoms with Gasteiger partial charge in [0, 0.05) is 72.7 Å². The van der Waals surface area contributed by atoms with Gasteiger partial charge in [0.25, 0.3) is 0 Å². The molecule has 0 bridgehead atoms. The van der Waals surface area contributed by atoms with Crippen LogP contribution < -0.4 is 26.6 Å². The summed E-state index contributed by atoms with van der Waals surface area (Å²) in [6, 6.07) is 1.69. The fraction of sp³-hybridized carbons (Fsp3) is 0.697. The number of aliphatic hydroxyl groups excluding tert-OH is 3. The zero-order valence-corrected chi connectivity index (χ0v) is 65.6. The lowest BCUT2D eigenvalue weighted by Gasteiger charge is -2.41. The Morgan fingerprint density at radius 3 is 1.64 bits per heavy atom. The molecule has 2 aromatic carbocycles. The maximum atomic E-state index is 15.6. The van der Waals surface area contributed by atoms with E-state index < -0.39 is 175 Å². The Balaban J connectivity index is 2.03. The van der Waals surface area contributed by atoms with E-state index in [4.69, 9.17) is 16.3 Å². The third-order valence-electron chi connectivity index (χ3n) is 19.3. The average Bonchev–Trinajstić information content (AvgIpc) is 0.812. The molecule has 0 aliphatic carbocycles. The Morgan fingerprint density at radius 2 is 1.10 bits per heavy atom. The second kappa shape index (κ2) is 42.7. The van der Waals surface area contributed by atoms with Crippen molar-refractivity contribution in [3.8, 4) is 0 Å². The SMILES string of the molecule is CCCCN1CC(=O)N(C)[C@@H](CC(C)C)C(=O)N[C@@H](COC[C@@H](C)O)C(=O)N(C)[C@@H](Cc2cccc(Cl)c2)C(=O)N(C)[C@@H](C(C)C)C(O)N[C@H](C(=O)N2CCCCC2)CC(=O)N[C@H](C(C)C)C(=O)N(C)[C@@H](Cc2ccccc2)C(=O)N[C@@H](CC(C)C)C(=O)N(C)[C@@H](CC(C)C)C(=O)N[C@@H]([C@@H](C)O)C1=O. The minimum Gasteiger partial charge on any atom is -0.391 e. The summed E-state index contributed by atoms with van der Waals surface area (Å²) in [6.07, 6.45) is -1.88. The predicted molar refractivity (Wildman–Crippen MR) is 398 cm³/mol. The lowest BCUT2D eigenvalue weighted by atomic mass is 9.96. The van der Waals surface area contributed by atoms with Gasteiger partial charge in [0.2, 0.25) is 65.0 Å². The van der Waals surface area contributed by atoms with Crippen LogP contribution in [0.4, 0.5) is 0 Å². The monoisotopic (exact) mass is 1480 g/mol. The number of piperidine rings is 1. The Hall–Kier alpha value is -7.30. The summed E-state index contributed by atoms with van der Waals surface area (Å²) in [5.41, 5.74) is 1.16. The molecule has 0 spiro atoms. The first-order valence-corrected chi connectivity index (χ1v) is 37.5. The number of rotatable bonds is 21. The van der Waals surface area contributed by atoms with Crippen molar-refractivity contribution >= 4 is 76.6 Å². The third kappa shape index (κ3) is 26.6. The number of carbonyl (C=O) groups is 11. The van der Waals surface area contributed by atoms with Gasteiger partial charge in [0.15, 0.2) is 0 Å². The fourth-order valence-electron chi connectivity index (χ4n) is 13.3. The molecule has 0 saturated carbocycles. The highest BCUT2D eigenvalue weighted by Crippen LogP contribution is 2.25. The largest absolute Gasteiger partial charge is 0.391 e. The van der Waals surface area contributed by atoms with Gasteiger partial charge in [0.1, 0.15) is 54.6 Å². The van der Waals surface area contributed by atoms with Gasteiger partial charge in [-0.2, -0.15) is 0 Å². The summed E-state index contributed by atoms with van der Waals surface area (Å²) in [7, 11) is 6.99. The molecule has 2 saturated heterocycles. The van der Waals surface area contributed by atoms with E-state index in [1.807, 2.05) is 48.5 Å². The topological polar surface area (TPSA) is 341 Å². The number of halogens is 1. The first-order chi connectivity index (χ1) is 48.8. The number of likely N-dealkylation sites (N-methyl/N-ethyl adjacent to an activating group) is 5. The molecule has 2 fully saturated rings. The molecule has 27 nitrogen and oxygen atoms in total.